The van der Waals surface area contributed by atoms with Gasteiger partial charge in [0.05, 0.1) is 23.9 Å². The van der Waals surface area contributed by atoms with Crippen molar-refractivity contribution in [3.05, 3.63) is 41.9 Å². The van der Waals surface area contributed by atoms with Crippen LogP contribution in [0.2, 0.25) is 0 Å². The molecule has 1 unspecified atom stereocenters. The van der Waals surface area contributed by atoms with E-state index in [2.05, 4.69) is 20.8 Å². The molecule has 0 spiro atoms. The number of ether oxygens (including phenoxy) is 2. The predicted molar refractivity (Wildman–Crippen MR) is 90.0 cm³/mol. The number of hydrogen-bond acceptors (Lipinski definition) is 7. The fraction of sp³-hybridized carbons (Fsp3) is 0.294. The second kappa shape index (κ2) is 7.68. The number of carbonyl (C=O) groups excluding carboxylic acids is 2. The summed E-state index contributed by atoms with van der Waals surface area (Å²) in [5.74, 6) is 0.477. The van der Waals surface area contributed by atoms with Gasteiger partial charge in [0.25, 0.3) is 0 Å². The number of aromatic nitrogens is 2. The third kappa shape index (κ3) is 3.82. The average Bonchev–Trinajstić information content (AvgIpc) is 3.14. The zero-order valence-electron chi connectivity index (χ0n) is 14.3. The van der Waals surface area contributed by atoms with Gasteiger partial charge in [-0.2, -0.15) is 0 Å². The average molecular weight is 358 g/mol. The first-order valence-corrected chi connectivity index (χ1v) is 8.05. The van der Waals surface area contributed by atoms with Crippen molar-refractivity contribution in [1.82, 2.24) is 20.8 Å². The van der Waals surface area contributed by atoms with E-state index in [0.29, 0.717) is 22.9 Å². The molecule has 1 atom stereocenters. The Balaban J connectivity index is 1.74. The molecule has 1 aliphatic heterocycles. The fourth-order valence-corrected chi connectivity index (χ4v) is 2.54. The highest BCUT2D eigenvalue weighted by molar-refractivity contribution is 5.94. The summed E-state index contributed by atoms with van der Waals surface area (Å²) in [5, 5.41) is 12.7. The summed E-state index contributed by atoms with van der Waals surface area (Å²) >= 11 is 0. The Kier molecular flexibility index (Phi) is 5.16. The molecular weight excluding hydrogens is 340 g/mol. The molecule has 2 N–H and O–H groups in total. The van der Waals surface area contributed by atoms with Gasteiger partial charge in [-0.3, -0.25) is 0 Å². The van der Waals surface area contributed by atoms with E-state index in [9.17, 15) is 9.59 Å². The molecule has 0 saturated carbocycles. The summed E-state index contributed by atoms with van der Waals surface area (Å²) in [4.78, 5) is 23.9. The molecule has 0 aliphatic carbocycles. The predicted octanol–water partition coefficient (Wildman–Crippen LogP) is 1.63. The molecular formula is C17H18N4O5. The lowest BCUT2D eigenvalue weighted by molar-refractivity contribution is -0.139. The molecule has 26 heavy (non-hydrogen) atoms. The van der Waals surface area contributed by atoms with Crippen molar-refractivity contribution in [1.29, 1.82) is 0 Å². The first-order chi connectivity index (χ1) is 12.6. The topological polar surface area (TPSA) is 116 Å². The highest BCUT2D eigenvalue weighted by atomic mass is 16.5. The lowest BCUT2D eigenvalue weighted by atomic mass is 10.0. The highest BCUT2D eigenvalue weighted by Gasteiger charge is 2.29. The second-order valence-corrected chi connectivity index (χ2v) is 5.49. The van der Waals surface area contributed by atoms with Crippen LogP contribution in [0.3, 0.4) is 0 Å². The van der Waals surface area contributed by atoms with E-state index in [1.165, 1.54) is 6.39 Å². The van der Waals surface area contributed by atoms with Gasteiger partial charge < -0.3 is 24.5 Å². The monoisotopic (exact) mass is 358 g/mol. The van der Waals surface area contributed by atoms with E-state index >= 15 is 0 Å². The first-order valence-electron chi connectivity index (χ1n) is 8.05. The number of nitrogens with zero attached hydrogens (tertiary/aromatic N) is 2. The third-order valence-electron chi connectivity index (χ3n) is 3.71. The minimum atomic E-state index is -0.488. The van der Waals surface area contributed by atoms with Gasteiger partial charge in [0.1, 0.15) is 12.4 Å². The van der Waals surface area contributed by atoms with Crippen molar-refractivity contribution in [3.63, 3.8) is 0 Å². The quantitative estimate of drug-likeness (QED) is 0.754. The lowest BCUT2D eigenvalue weighted by Gasteiger charge is -2.26. The Bertz CT molecular complexity index is 814. The number of esters is 1. The minimum absolute atomic E-state index is 0.0197. The Morgan fingerprint density at radius 2 is 2.08 bits per heavy atom. The maximum atomic E-state index is 12.2. The van der Waals surface area contributed by atoms with Crippen LogP contribution >= 0.6 is 0 Å². The normalized spacial score (nSPS) is 16.7. The molecule has 1 aliphatic rings. The van der Waals surface area contributed by atoms with Crippen LogP contribution in [0, 0.1) is 0 Å². The van der Waals surface area contributed by atoms with Gasteiger partial charge in [-0.05, 0) is 38.1 Å². The number of urea groups is 1. The summed E-state index contributed by atoms with van der Waals surface area (Å²) in [7, 11) is 0. The second-order valence-electron chi connectivity index (χ2n) is 5.49. The van der Waals surface area contributed by atoms with Crippen molar-refractivity contribution in [2.24, 2.45) is 0 Å². The molecule has 3 rings (SSSR count). The minimum Gasteiger partial charge on any atom is -0.487 e. The van der Waals surface area contributed by atoms with Crippen LogP contribution in [0.1, 0.15) is 13.8 Å². The van der Waals surface area contributed by atoms with Gasteiger partial charge >= 0.3 is 12.0 Å². The molecule has 2 amide bonds. The van der Waals surface area contributed by atoms with E-state index in [1.54, 1.807) is 38.1 Å². The molecule has 9 nitrogen and oxygen atoms in total. The van der Waals surface area contributed by atoms with Crippen molar-refractivity contribution < 1.29 is 23.5 Å². The molecule has 2 aromatic rings. The van der Waals surface area contributed by atoms with E-state index in [0.717, 1.165) is 5.56 Å². The SMILES string of the molecule is CCOC(=O)C1=C(COc2ccc(-c3nnco3)cc2)NC(=O)NC1C. The van der Waals surface area contributed by atoms with Crippen LogP contribution in [-0.2, 0) is 9.53 Å². The summed E-state index contributed by atoms with van der Waals surface area (Å²) in [6.07, 6.45) is 1.25. The molecule has 0 radical (unpaired) electrons. The van der Waals surface area contributed by atoms with E-state index < -0.39 is 18.0 Å². The standard InChI is InChI=1S/C17H18N4O5/c1-3-24-16(22)14-10(2)19-17(23)20-13(14)8-25-12-6-4-11(5-7-12)15-21-18-9-26-15/h4-7,9-10H,3,8H2,1-2H3,(H2,19,20,23). The van der Waals surface area contributed by atoms with E-state index in [4.69, 9.17) is 13.9 Å². The number of amides is 2. The van der Waals surface area contributed by atoms with Gasteiger partial charge in [0.2, 0.25) is 12.3 Å². The molecule has 0 saturated heterocycles. The molecule has 136 valence electrons. The van der Waals surface area contributed by atoms with Crippen molar-refractivity contribution in [2.45, 2.75) is 19.9 Å². The maximum Gasteiger partial charge on any atom is 0.338 e. The van der Waals surface area contributed by atoms with Gasteiger partial charge in [-0.15, -0.1) is 10.2 Å². The van der Waals surface area contributed by atoms with E-state index in [1.807, 2.05) is 0 Å². The van der Waals surface area contributed by atoms with Crippen molar-refractivity contribution in [3.8, 4) is 17.2 Å². The molecule has 1 aromatic carbocycles. The first kappa shape index (κ1) is 17.5. The molecule has 1 aromatic heterocycles. The van der Waals surface area contributed by atoms with Crippen LogP contribution in [0.25, 0.3) is 11.5 Å². The molecule has 9 heteroatoms. The molecule has 2 heterocycles. The van der Waals surface area contributed by atoms with Gasteiger partial charge in [0, 0.05) is 5.56 Å². The summed E-state index contributed by atoms with van der Waals surface area (Å²) in [5.41, 5.74) is 1.47. The number of hydrogen-bond donors (Lipinski definition) is 2. The third-order valence-corrected chi connectivity index (χ3v) is 3.71. The van der Waals surface area contributed by atoms with Gasteiger partial charge in [0.15, 0.2) is 0 Å². The maximum absolute atomic E-state index is 12.2. The fourth-order valence-electron chi connectivity index (χ4n) is 2.54. The smallest absolute Gasteiger partial charge is 0.338 e. The zero-order valence-corrected chi connectivity index (χ0v) is 14.3. The van der Waals surface area contributed by atoms with E-state index in [-0.39, 0.29) is 13.2 Å². The Hall–Kier alpha value is -3.36. The number of carbonyl (C=O) groups is 2. The molecule has 0 fully saturated rings. The Morgan fingerprint density at radius 3 is 2.73 bits per heavy atom. The van der Waals surface area contributed by atoms with Crippen molar-refractivity contribution in [2.75, 3.05) is 13.2 Å². The van der Waals surface area contributed by atoms with Crippen LogP contribution in [0.4, 0.5) is 4.79 Å². The highest BCUT2D eigenvalue weighted by Crippen LogP contribution is 2.21. The van der Waals surface area contributed by atoms with Crippen LogP contribution < -0.4 is 15.4 Å². The van der Waals surface area contributed by atoms with Crippen LogP contribution in [0.15, 0.2) is 46.3 Å². The summed E-state index contributed by atoms with van der Waals surface area (Å²) < 4.78 is 15.9. The van der Waals surface area contributed by atoms with Crippen LogP contribution in [0.5, 0.6) is 5.75 Å². The Labute approximate surface area is 149 Å². The number of benzene rings is 1. The van der Waals surface area contributed by atoms with Gasteiger partial charge in [-0.25, -0.2) is 9.59 Å². The largest absolute Gasteiger partial charge is 0.487 e. The lowest BCUT2D eigenvalue weighted by Crippen LogP contribution is -2.50. The van der Waals surface area contributed by atoms with Gasteiger partial charge in [-0.1, -0.05) is 0 Å². The zero-order chi connectivity index (χ0) is 18.5. The summed E-state index contributed by atoms with van der Waals surface area (Å²) in [6.45, 7) is 3.70. The van der Waals surface area contributed by atoms with Crippen LogP contribution in [-0.4, -0.2) is 41.5 Å². The number of nitrogens with one attached hydrogen (secondary N) is 2. The molecule has 0 bridgehead atoms. The number of rotatable bonds is 6. The summed E-state index contributed by atoms with van der Waals surface area (Å²) in [6, 6.07) is 6.14. The Morgan fingerprint density at radius 1 is 1.31 bits per heavy atom. The van der Waals surface area contributed by atoms with Crippen molar-refractivity contribution >= 4 is 12.0 Å².